The molecule has 1 unspecified atom stereocenters. The number of carbonyl (C=O) groups excluding carboxylic acids is 1. The molecule has 0 spiro atoms. The smallest absolute Gasteiger partial charge is 0.185 e. The van der Waals surface area contributed by atoms with Gasteiger partial charge in [0.15, 0.2) is 28.8 Å². The van der Waals surface area contributed by atoms with Gasteiger partial charge >= 0.3 is 0 Å². The maximum atomic E-state index is 13.4. The summed E-state index contributed by atoms with van der Waals surface area (Å²) in [4.78, 5) is 13.4. The molecule has 5 nitrogen and oxygen atoms in total. The Kier molecular flexibility index (Phi) is 6.44. The zero-order valence-corrected chi connectivity index (χ0v) is 18.7. The van der Waals surface area contributed by atoms with Gasteiger partial charge in [0.25, 0.3) is 0 Å². The summed E-state index contributed by atoms with van der Waals surface area (Å²) >= 11 is 0. The van der Waals surface area contributed by atoms with Crippen LogP contribution in [0.1, 0.15) is 44.7 Å². The summed E-state index contributed by atoms with van der Waals surface area (Å²) in [5.74, 6) is 1.18. The fourth-order valence-corrected chi connectivity index (χ4v) is 3.83. The van der Waals surface area contributed by atoms with Crippen molar-refractivity contribution in [3.05, 3.63) is 58.7 Å². The highest BCUT2D eigenvalue weighted by molar-refractivity contribution is 6.14. The van der Waals surface area contributed by atoms with Crippen LogP contribution >= 0.6 is 0 Å². The Morgan fingerprint density at radius 3 is 1.61 bits per heavy atom. The van der Waals surface area contributed by atoms with E-state index in [0.29, 0.717) is 30.3 Å². The molecule has 1 atom stereocenters. The Morgan fingerprint density at radius 2 is 1.26 bits per heavy atom. The number of allylic oxidation sites excluding steroid dienone is 2. The number of hydrogen-bond donors (Lipinski definition) is 2. The maximum absolute atomic E-state index is 13.4. The number of hydrogen-bond acceptors (Lipinski definition) is 5. The summed E-state index contributed by atoms with van der Waals surface area (Å²) in [6.45, 7) is 6.57. The molecule has 0 bridgehead atoms. The average Bonchev–Trinajstić information content (AvgIpc) is 2.72. The van der Waals surface area contributed by atoms with Crippen molar-refractivity contribution in [3.63, 3.8) is 0 Å². The van der Waals surface area contributed by atoms with Gasteiger partial charge in [-0.25, -0.2) is 0 Å². The molecule has 1 aliphatic carbocycles. The molecule has 1 fully saturated rings. The molecule has 0 saturated heterocycles. The summed E-state index contributed by atoms with van der Waals surface area (Å²) in [5, 5.41) is 19.7. The number of aromatic hydroxyl groups is 2. The number of ketones is 1. The van der Waals surface area contributed by atoms with E-state index in [1.807, 2.05) is 12.2 Å². The Balaban J connectivity index is 2.03. The molecule has 5 heteroatoms. The number of Topliss-reactive ketones (excluding diaryl/α,β-unsaturated/α-hetero) is 1. The lowest BCUT2D eigenvalue weighted by Gasteiger charge is -2.35. The third-order valence-corrected chi connectivity index (χ3v) is 5.83. The van der Waals surface area contributed by atoms with Crippen LogP contribution in [-0.2, 0) is 4.79 Å². The zero-order valence-electron chi connectivity index (χ0n) is 18.7. The fraction of sp³-hybridized carbons (Fsp3) is 0.346. The number of rotatable bonds is 4. The predicted octanol–water partition coefficient (Wildman–Crippen LogP) is 5.61. The molecule has 0 aliphatic heterocycles. The Hall–Kier alpha value is -3.21. The monoisotopic (exact) mass is 422 g/mol. The van der Waals surface area contributed by atoms with E-state index in [9.17, 15) is 15.0 Å². The molecule has 1 aliphatic rings. The summed E-state index contributed by atoms with van der Waals surface area (Å²) in [7, 11) is 3.00. The van der Waals surface area contributed by atoms with Crippen LogP contribution in [0.4, 0.5) is 0 Å². The van der Waals surface area contributed by atoms with Gasteiger partial charge in [-0.2, -0.15) is 0 Å². The molecule has 164 valence electrons. The van der Waals surface area contributed by atoms with E-state index in [-0.39, 0.29) is 22.7 Å². The van der Waals surface area contributed by atoms with Crippen molar-refractivity contribution < 1.29 is 24.5 Å². The lowest BCUT2D eigenvalue weighted by atomic mass is 9.68. The number of phenolic OH excluding ortho intramolecular Hbond substituents is 2. The molecule has 2 N–H and O–H groups in total. The second-order valence-electron chi connectivity index (χ2n) is 9.00. The van der Waals surface area contributed by atoms with Crippen molar-refractivity contribution in [2.75, 3.05) is 14.2 Å². The summed E-state index contributed by atoms with van der Waals surface area (Å²) < 4.78 is 10.4. The van der Waals surface area contributed by atoms with Crippen LogP contribution in [0.2, 0.25) is 0 Å². The lowest BCUT2D eigenvalue weighted by Crippen LogP contribution is -2.29. The number of methoxy groups -OCH3 is 2. The van der Waals surface area contributed by atoms with Gasteiger partial charge in [0.05, 0.1) is 14.2 Å². The van der Waals surface area contributed by atoms with E-state index in [1.165, 1.54) is 14.2 Å². The van der Waals surface area contributed by atoms with Gasteiger partial charge in [-0.05, 0) is 71.7 Å². The molecular weight excluding hydrogens is 392 g/mol. The van der Waals surface area contributed by atoms with Crippen molar-refractivity contribution in [1.82, 2.24) is 0 Å². The first-order valence-electron chi connectivity index (χ1n) is 10.3. The van der Waals surface area contributed by atoms with Crippen LogP contribution in [0.5, 0.6) is 23.0 Å². The SMILES string of the molecule is COc1cc(/C=C2/CC(C(C)(C)C)C/C(=C\c3ccc(O)c(OC)c3)C2=O)ccc1O. The van der Waals surface area contributed by atoms with Gasteiger partial charge in [-0.15, -0.1) is 0 Å². The first-order chi connectivity index (χ1) is 14.6. The van der Waals surface area contributed by atoms with Gasteiger partial charge < -0.3 is 19.7 Å². The lowest BCUT2D eigenvalue weighted by molar-refractivity contribution is -0.113. The molecule has 2 aromatic carbocycles. The first kappa shape index (κ1) is 22.5. The van der Waals surface area contributed by atoms with Crippen LogP contribution in [0, 0.1) is 11.3 Å². The van der Waals surface area contributed by atoms with Crippen molar-refractivity contribution in [1.29, 1.82) is 0 Å². The second kappa shape index (κ2) is 8.88. The molecule has 1 saturated carbocycles. The van der Waals surface area contributed by atoms with Crippen molar-refractivity contribution in [2.24, 2.45) is 11.3 Å². The summed E-state index contributed by atoms with van der Waals surface area (Å²) in [5.41, 5.74) is 3.10. The van der Waals surface area contributed by atoms with Crippen molar-refractivity contribution in [2.45, 2.75) is 33.6 Å². The molecule has 0 aromatic heterocycles. The molecule has 31 heavy (non-hydrogen) atoms. The highest BCUT2D eigenvalue weighted by Gasteiger charge is 2.34. The van der Waals surface area contributed by atoms with E-state index in [2.05, 4.69) is 20.8 Å². The minimum Gasteiger partial charge on any atom is -0.504 e. The molecule has 2 aromatic rings. The molecule has 0 amide bonds. The second-order valence-corrected chi connectivity index (χ2v) is 9.00. The van der Waals surface area contributed by atoms with E-state index >= 15 is 0 Å². The molecule has 0 heterocycles. The van der Waals surface area contributed by atoms with Gasteiger partial charge in [0, 0.05) is 11.1 Å². The third kappa shape index (κ3) is 5.10. The number of phenols is 2. The average molecular weight is 423 g/mol. The summed E-state index contributed by atoms with van der Waals surface area (Å²) in [6, 6.07) is 10.1. The Morgan fingerprint density at radius 1 is 0.839 bits per heavy atom. The van der Waals surface area contributed by atoms with E-state index in [4.69, 9.17) is 9.47 Å². The first-order valence-corrected chi connectivity index (χ1v) is 10.3. The van der Waals surface area contributed by atoms with Crippen LogP contribution in [-0.4, -0.2) is 30.2 Å². The predicted molar refractivity (Wildman–Crippen MR) is 122 cm³/mol. The van der Waals surface area contributed by atoms with Crippen molar-refractivity contribution >= 4 is 17.9 Å². The summed E-state index contributed by atoms with van der Waals surface area (Å²) in [6.07, 6.45) is 5.13. The molecule has 0 radical (unpaired) electrons. The fourth-order valence-electron chi connectivity index (χ4n) is 3.83. The minimum absolute atomic E-state index is 0.0135. The van der Waals surface area contributed by atoms with Crippen LogP contribution in [0.25, 0.3) is 12.2 Å². The van der Waals surface area contributed by atoms with E-state index < -0.39 is 0 Å². The van der Waals surface area contributed by atoms with Gasteiger partial charge in [-0.3, -0.25) is 4.79 Å². The van der Waals surface area contributed by atoms with E-state index in [1.54, 1.807) is 36.4 Å². The van der Waals surface area contributed by atoms with E-state index in [0.717, 1.165) is 22.3 Å². The topological polar surface area (TPSA) is 76.0 Å². The quantitative estimate of drug-likeness (QED) is 0.627. The largest absolute Gasteiger partial charge is 0.504 e. The number of carbonyl (C=O) groups is 1. The van der Waals surface area contributed by atoms with Crippen molar-refractivity contribution in [3.8, 4) is 23.0 Å². The number of benzene rings is 2. The van der Waals surface area contributed by atoms with Crippen LogP contribution in [0.3, 0.4) is 0 Å². The van der Waals surface area contributed by atoms with Gasteiger partial charge in [0.2, 0.25) is 0 Å². The Bertz CT molecular complexity index is 965. The maximum Gasteiger partial charge on any atom is 0.185 e. The van der Waals surface area contributed by atoms with Gasteiger partial charge in [0.1, 0.15) is 0 Å². The van der Waals surface area contributed by atoms with Gasteiger partial charge in [-0.1, -0.05) is 32.9 Å². The third-order valence-electron chi connectivity index (χ3n) is 5.83. The standard InChI is InChI=1S/C26H30O5/c1-26(2,3)20-14-18(10-16-6-8-21(27)23(12-16)30-4)25(29)19(15-20)11-17-7-9-22(28)24(13-17)31-5/h6-13,20,27-28H,14-15H2,1-5H3/b18-10-,19-11+. The molecular formula is C26H30O5. The zero-order chi connectivity index (χ0) is 22.8. The highest BCUT2D eigenvalue weighted by Crippen LogP contribution is 2.42. The number of ether oxygens (including phenoxy) is 2. The van der Waals surface area contributed by atoms with Crippen LogP contribution in [0.15, 0.2) is 47.5 Å². The normalized spacial score (nSPS) is 19.6. The minimum atomic E-state index is 0.0135. The van der Waals surface area contributed by atoms with Crippen LogP contribution < -0.4 is 9.47 Å². The Labute approximate surface area is 183 Å². The highest BCUT2D eigenvalue weighted by atomic mass is 16.5. The molecule has 3 rings (SSSR count).